The molecule has 0 fully saturated rings. The second-order valence-corrected chi connectivity index (χ2v) is 5.59. The highest BCUT2D eigenvalue weighted by atomic mass is 32.1. The Kier molecular flexibility index (Phi) is 5.68. The second-order valence-electron chi connectivity index (χ2n) is 4.66. The van der Waals surface area contributed by atoms with E-state index in [4.69, 9.17) is 0 Å². The number of pyridine rings is 1. The van der Waals surface area contributed by atoms with Crippen LogP contribution in [0.25, 0.3) is 0 Å². The summed E-state index contributed by atoms with van der Waals surface area (Å²) in [6.45, 7) is 4.96. The predicted molar refractivity (Wildman–Crippen MR) is 85.6 cm³/mol. The van der Waals surface area contributed by atoms with Crippen molar-refractivity contribution in [3.8, 4) is 0 Å². The highest BCUT2D eigenvalue weighted by molar-refractivity contribution is 7.09. The van der Waals surface area contributed by atoms with Crippen molar-refractivity contribution in [2.24, 2.45) is 0 Å². The standard InChI is InChI=1S/C15H20N4OS/c1-3-6-16-13-10-11(5-7-17-13)14(20)19-12(4-2)15-18-8-9-21-15/h5,7-10,12H,3-4,6H2,1-2H3,(H,16,17)(H,19,20). The Hall–Kier alpha value is -1.95. The van der Waals surface area contributed by atoms with E-state index in [0.717, 1.165) is 30.2 Å². The van der Waals surface area contributed by atoms with Gasteiger partial charge in [0.1, 0.15) is 10.8 Å². The SMILES string of the molecule is CCCNc1cc(C(=O)NC(CC)c2nccs2)ccn1. The van der Waals surface area contributed by atoms with Crippen LogP contribution in [0.5, 0.6) is 0 Å². The molecule has 0 aliphatic carbocycles. The van der Waals surface area contributed by atoms with E-state index >= 15 is 0 Å². The molecule has 0 aromatic carbocycles. The van der Waals surface area contributed by atoms with Crippen LogP contribution in [-0.4, -0.2) is 22.4 Å². The fraction of sp³-hybridized carbons (Fsp3) is 0.400. The number of amides is 1. The zero-order chi connectivity index (χ0) is 15.1. The molecule has 1 unspecified atom stereocenters. The van der Waals surface area contributed by atoms with Crippen molar-refractivity contribution in [3.05, 3.63) is 40.5 Å². The van der Waals surface area contributed by atoms with Gasteiger partial charge in [0, 0.05) is 29.9 Å². The Morgan fingerprint density at radius 2 is 2.19 bits per heavy atom. The van der Waals surface area contributed by atoms with Gasteiger partial charge in [-0.25, -0.2) is 9.97 Å². The lowest BCUT2D eigenvalue weighted by Gasteiger charge is -2.14. The van der Waals surface area contributed by atoms with E-state index in [-0.39, 0.29) is 11.9 Å². The van der Waals surface area contributed by atoms with Crippen LogP contribution >= 0.6 is 11.3 Å². The molecular formula is C15H20N4OS. The molecule has 0 saturated heterocycles. The Morgan fingerprint density at radius 3 is 2.86 bits per heavy atom. The van der Waals surface area contributed by atoms with Crippen molar-refractivity contribution in [2.75, 3.05) is 11.9 Å². The van der Waals surface area contributed by atoms with Crippen molar-refractivity contribution in [3.63, 3.8) is 0 Å². The number of hydrogen-bond acceptors (Lipinski definition) is 5. The zero-order valence-corrected chi connectivity index (χ0v) is 13.1. The van der Waals surface area contributed by atoms with Crippen LogP contribution in [0.2, 0.25) is 0 Å². The molecule has 2 heterocycles. The highest BCUT2D eigenvalue weighted by Gasteiger charge is 2.16. The van der Waals surface area contributed by atoms with E-state index in [0.29, 0.717) is 5.56 Å². The first kappa shape index (κ1) is 15.4. The summed E-state index contributed by atoms with van der Waals surface area (Å²) in [5.41, 5.74) is 0.610. The molecule has 0 spiro atoms. The van der Waals surface area contributed by atoms with Crippen LogP contribution in [0.4, 0.5) is 5.82 Å². The molecule has 2 N–H and O–H groups in total. The van der Waals surface area contributed by atoms with E-state index in [1.807, 2.05) is 12.3 Å². The number of hydrogen-bond donors (Lipinski definition) is 2. The lowest BCUT2D eigenvalue weighted by Crippen LogP contribution is -2.28. The largest absolute Gasteiger partial charge is 0.370 e. The number of anilines is 1. The first-order chi connectivity index (χ1) is 10.2. The Morgan fingerprint density at radius 1 is 1.33 bits per heavy atom. The summed E-state index contributed by atoms with van der Waals surface area (Å²) in [5, 5.41) is 9.06. The molecule has 0 saturated carbocycles. The molecule has 1 amide bonds. The molecule has 6 heteroatoms. The molecule has 21 heavy (non-hydrogen) atoms. The summed E-state index contributed by atoms with van der Waals surface area (Å²) < 4.78 is 0. The van der Waals surface area contributed by atoms with Gasteiger partial charge in [0.15, 0.2) is 0 Å². The topological polar surface area (TPSA) is 66.9 Å². The van der Waals surface area contributed by atoms with E-state index < -0.39 is 0 Å². The number of carbonyl (C=O) groups is 1. The van der Waals surface area contributed by atoms with Crippen molar-refractivity contribution in [2.45, 2.75) is 32.7 Å². The van der Waals surface area contributed by atoms with Crippen molar-refractivity contribution in [1.29, 1.82) is 0 Å². The maximum Gasteiger partial charge on any atom is 0.252 e. The third-order valence-electron chi connectivity index (χ3n) is 3.04. The average Bonchev–Trinajstić information content (AvgIpc) is 3.04. The van der Waals surface area contributed by atoms with Gasteiger partial charge in [0.2, 0.25) is 0 Å². The number of nitrogens with one attached hydrogen (secondary N) is 2. The van der Waals surface area contributed by atoms with Gasteiger partial charge >= 0.3 is 0 Å². The van der Waals surface area contributed by atoms with Gasteiger partial charge in [-0.1, -0.05) is 13.8 Å². The fourth-order valence-corrected chi connectivity index (χ4v) is 2.68. The van der Waals surface area contributed by atoms with Crippen LogP contribution in [-0.2, 0) is 0 Å². The Labute approximate surface area is 128 Å². The smallest absolute Gasteiger partial charge is 0.252 e. The molecule has 112 valence electrons. The quantitative estimate of drug-likeness (QED) is 0.824. The van der Waals surface area contributed by atoms with Crippen LogP contribution in [0.1, 0.15) is 48.1 Å². The van der Waals surface area contributed by atoms with Gasteiger partial charge in [-0.15, -0.1) is 11.3 Å². The Balaban J connectivity index is 2.05. The Bertz CT molecular complexity index is 571. The summed E-state index contributed by atoms with van der Waals surface area (Å²) in [4.78, 5) is 20.8. The lowest BCUT2D eigenvalue weighted by molar-refractivity contribution is 0.0935. The molecule has 5 nitrogen and oxygen atoms in total. The van der Waals surface area contributed by atoms with Crippen LogP contribution in [0.15, 0.2) is 29.9 Å². The van der Waals surface area contributed by atoms with Gasteiger partial charge in [0.05, 0.1) is 6.04 Å². The number of thiazole rings is 1. The minimum absolute atomic E-state index is 0.0438. The van der Waals surface area contributed by atoms with Crippen LogP contribution in [0, 0.1) is 0 Å². The molecule has 0 radical (unpaired) electrons. The first-order valence-corrected chi connectivity index (χ1v) is 8.02. The normalized spacial score (nSPS) is 11.9. The van der Waals surface area contributed by atoms with Crippen LogP contribution < -0.4 is 10.6 Å². The molecule has 1 atom stereocenters. The summed E-state index contributed by atoms with van der Waals surface area (Å²) in [6, 6.07) is 3.46. The number of carbonyl (C=O) groups excluding carboxylic acids is 1. The predicted octanol–water partition coefficient (Wildman–Crippen LogP) is 3.24. The molecule has 2 aromatic rings. The van der Waals surface area contributed by atoms with Gasteiger partial charge < -0.3 is 10.6 Å². The van der Waals surface area contributed by atoms with E-state index in [1.54, 1.807) is 35.9 Å². The minimum Gasteiger partial charge on any atom is -0.370 e. The summed E-state index contributed by atoms with van der Waals surface area (Å²) in [5.74, 6) is 0.630. The maximum absolute atomic E-state index is 12.3. The van der Waals surface area contributed by atoms with Gasteiger partial charge in [-0.2, -0.15) is 0 Å². The third kappa shape index (κ3) is 4.26. The summed E-state index contributed by atoms with van der Waals surface area (Å²) >= 11 is 1.56. The molecular weight excluding hydrogens is 284 g/mol. The molecule has 2 aromatic heterocycles. The molecule has 0 aliphatic heterocycles. The van der Waals surface area contributed by atoms with Crippen molar-refractivity contribution < 1.29 is 4.79 Å². The minimum atomic E-state index is -0.0981. The van der Waals surface area contributed by atoms with Crippen molar-refractivity contribution in [1.82, 2.24) is 15.3 Å². The van der Waals surface area contributed by atoms with Gasteiger partial charge in [-0.3, -0.25) is 4.79 Å². The maximum atomic E-state index is 12.3. The molecule has 0 bridgehead atoms. The highest BCUT2D eigenvalue weighted by Crippen LogP contribution is 2.19. The van der Waals surface area contributed by atoms with E-state index in [1.165, 1.54) is 0 Å². The lowest BCUT2D eigenvalue weighted by atomic mass is 10.2. The molecule has 0 aliphatic rings. The monoisotopic (exact) mass is 304 g/mol. The van der Waals surface area contributed by atoms with Crippen LogP contribution in [0.3, 0.4) is 0 Å². The summed E-state index contributed by atoms with van der Waals surface area (Å²) in [6.07, 6.45) is 5.23. The van der Waals surface area contributed by atoms with E-state index in [9.17, 15) is 4.79 Å². The zero-order valence-electron chi connectivity index (χ0n) is 12.3. The summed E-state index contributed by atoms with van der Waals surface area (Å²) in [7, 11) is 0. The second kappa shape index (κ2) is 7.73. The average molecular weight is 304 g/mol. The molecule has 2 rings (SSSR count). The van der Waals surface area contributed by atoms with Gasteiger partial charge in [0.25, 0.3) is 5.91 Å². The third-order valence-corrected chi connectivity index (χ3v) is 3.93. The van der Waals surface area contributed by atoms with Gasteiger partial charge in [-0.05, 0) is 25.0 Å². The van der Waals surface area contributed by atoms with E-state index in [2.05, 4.69) is 27.5 Å². The number of nitrogens with zero attached hydrogens (tertiary/aromatic N) is 2. The number of aromatic nitrogens is 2. The fourth-order valence-electron chi connectivity index (χ4n) is 1.91. The first-order valence-electron chi connectivity index (χ1n) is 7.14. The van der Waals surface area contributed by atoms with Crippen molar-refractivity contribution >= 4 is 23.1 Å². The number of rotatable bonds is 7.